The van der Waals surface area contributed by atoms with Crippen molar-refractivity contribution in [2.24, 2.45) is 0 Å². The molecule has 0 spiro atoms. The van der Waals surface area contributed by atoms with Crippen LogP contribution in [0, 0.1) is 13.8 Å². The Hall–Kier alpha value is -1.73. The van der Waals surface area contributed by atoms with Crippen LogP contribution in [0.4, 0.5) is 0 Å². The second-order valence-electron chi connectivity index (χ2n) is 7.81. The van der Waals surface area contributed by atoms with Crippen LogP contribution >= 0.6 is 11.3 Å². The average Bonchev–Trinajstić information content (AvgIpc) is 3.22. The maximum Gasteiger partial charge on any atom is 0.225 e. The largest absolute Gasteiger partial charge is 0.350 e. The lowest BCUT2D eigenvalue weighted by Crippen LogP contribution is -2.42. The van der Waals surface area contributed by atoms with E-state index in [2.05, 4.69) is 25.9 Å². The molecule has 1 saturated carbocycles. The summed E-state index contributed by atoms with van der Waals surface area (Å²) in [5.74, 6) is 0.0385. The maximum absolute atomic E-state index is 12.3. The van der Waals surface area contributed by atoms with Gasteiger partial charge in [0.2, 0.25) is 5.91 Å². The number of carbonyl (C=O) groups excluding carboxylic acids is 1. The lowest BCUT2D eigenvalue weighted by atomic mass is 9.94. The molecule has 0 bridgehead atoms. The Labute approximate surface area is 165 Å². The van der Waals surface area contributed by atoms with E-state index in [1.54, 1.807) is 11.3 Å². The number of nitrogens with zero attached hydrogens (tertiary/aromatic N) is 4. The molecule has 1 aliphatic carbocycles. The van der Waals surface area contributed by atoms with Gasteiger partial charge in [0.1, 0.15) is 0 Å². The Morgan fingerprint density at radius 3 is 2.81 bits per heavy atom. The van der Waals surface area contributed by atoms with Gasteiger partial charge >= 0.3 is 0 Å². The van der Waals surface area contributed by atoms with E-state index in [4.69, 9.17) is 5.10 Å². The van der Waals surface area contributed by atoms with Gasteiger partial charge in [0.05, 0.1) is 41.6 Å². The summed E-state index contributed by atoms with van der Waals surface area (Å²) in [4.78, 5) is 20.3. The van der Waals surface area contributed by atoms with Gasteiger partial charge in [0.25, 0.3) is 0 Å². The van der Waals surface area contributed by atoms with Crippen LogP contribution in [-0.4, -0.2) is 38.2 Å². The predicted octanol–water partition coefficient (Wildman–Crippen LogP) is 2.96. The molecular formula is C20H29N5OS. The number of aryl methyl sites for hydroxylation is 2. The third-order valence-electron chi connectivity index (χ3n) is 5.76. The first-order chi connectivity index (χ1) is 13.1. The fourth-order valence-electron chi connectivity index (χ4n) is 4.33. The molecule has 0 saturated heterocycles. The lowest BCUT2D eigenvalue weighted by molar-refractivity contribution is -0.120. The first-order valence-corrected chi connectivity index (χ1v) is 10.9. The Morgan fingerprint density at radius 1 is 1.26 bits per heavy atom. The number of rotatable bonds is 5. The van der Waals surface area contributed by atoms with E-state index in [-0.39, 0.29) is 5.91 Å². The highest BCUT2D eigenvalue weighted by Crippen LogP contribution is 2.26. The van der Waals surface area contributed by atoms with Crippen molar-refractivity contribution in [3.05, 3.63) is 33.0 Å². The van der Waals surface area contributed by atoms with Gasteiger partial charge in [-0.15, -0.1) is 11.3 Å². The van der Waals surface area contributed by atoms with Gasteiger partial charge in [0.15, 0.2) is 0 Å². The quantitative estimate of drug-likeness (QED) is 0.857. The second-order valence-corrected chi connectivity index (χ2v) is 9.10. The van der Waals surface area contributed by atoms with E-state index in [9.17, 15) is 4.79 Å². The molecule has 2 aromatic rings. The smallest absolute Gasteiger partial charge is 0.225 e. The molecule has 1 N–H and O–H groups in total. The molecule has 0 atom stereocenters. The summed E-state index contributed by atoms with van der Waals surface area (Å²) in [5.41, 5.74) is 3.21. The van der Waals surface area contributed by atoms with E-state index in [0.29, 0.717) is 13.0 Å². The minimum atomic E-state index is 0.0385. The van der Waals surface area contributed by atoms with Gasteiger partial charge in [-0.25, -0.2) is 4.98 Å². The number of fused-ring (bicyclic) bond motifs is 1. The van der Waals surface area contributed by atoms with Crippen LogP contribution in [0.3, 0.4) is 0 Å². The molecule has 1 amide bonds. The number of nitrogens with one attached hydrogen (secondary N) is 1. The molecule has 4 rings (SSSR count). The molecule has 0 aromatic carbocycles. The minimum absolute atomic E-state index is 0.0385. The molecule has 1 aliphatic heterocycles. The third kappa shape index (κ3) is 4.41. The van der Waals surface area contributed by atoms with Crippen LogP contribution in [0.5, 0.6) is 0 Å². The van der Waals surface area contributed by atoms with Crippen molar-refractivity contribution in [2.45, 2.75) is 78.0 Å². The average molecular weight is 388 g/mol. The Balaban J connectivity index is 1.31. The predicted molar refractivity (Wildman–Crippen MR) is 107 cm³/mol. The van der Waals surface area contributed by atoms with Gasteiger partial charge in [-0.3, -0.25) is 14.4 Å². The molecule has 7 heteroatoms. The van der Waals surface area contributed by atoms with Crippen LogP contribution in [-0.2, 0) is 30.8 Å². The highest BCUT2D eigenvalue weighted by Gasteiger charge is 2.26. The Bertz CT molecular complexity index is 805. The van der Waals surface area contributed by atoms with Crippen molar-refractivity contribution in [3.63, 3.8) is 0 Å². The fourth-order valence-corrected chi connectivity index (χ4v) is 5.26. The molecule has 146 valence electrons. The highest BCUT2D eigenvalue weighted by molar-refractivity contribution is 7.11. The van der Waals surface area contributed by atoms with E-state index in [0.717, 1.165) is 46.9 Å². The Morgan fingerprint density at radius 2 is 2.07 bits per heavy atom. The van der Waals surface area contributed by atoms with E-state index >= 15 is 0 Å². The summed E-state index contributed by atoms with van der Waals surface area (Å²) in [5, 5.41) is 8.73. The second kappa shape index (κ2) is 8.10. The van der Waals surface area contributed by atoms with Crippen molar-refractivity contribution in [1.29, 1.82) is 0 Å². The normalized spacial score (nSPS) is 18.4. The SMILES string of the molecule is Cc1nc(C)c(CC(=O)NCc2cc3n(n2)CCN(C2CCCCC2)C3)s1. The van der Waals surface area contributed by atoms with Gasteiger partial charge in [0, 0.05) is 24.0 Å². The van der Waals surface area contributed by atoms with Crippen molar-refractivity contribution in [3.8, 4) is 0 Å². The molecule has 2 aliphatic rings. The molecule has 6 nitrogen and oxygen atoms in total. The van der Waals surface area contributed by atoms with Gasteiger partial charge in [-0.1, -0.05) is 19.3 Å². The zero-order chi connectivity index (χ0) is 18.8. The summed E-state index contributed by atoms with van der Waals surface area (Å²) in [7, 11) is 0. The first kappa shape index (κ1) is 18.6. The molecule has 2 aromatic heterocycles. The van der Waals surface area contributed by atoms with Crippen molar-refractivity contribution >= 4 is 17.2 Å². The summed E-state index contributed by atoms with van der Waals surface area (Å²) in [6, 6.07) is 2.91. The van der Waals surface area contributed by atoms with Crippen molar-refractivity contribution in [1.82, 2.24) is 25.0 Å². The summed E-state index contributed by atoms with van der Waals surface area (Å²) in [6.45, 7) is 7.48. The molecule has 27 heavy (non-hydrogen) atoms. The van der Waals surface area contributed by atoms with Crippen molar-refractivity contribution < 1.29 is 4.79 Å². The molecule has 3 heterocycles. The fraction of sp³-hybridized carbons (Fsp3) is 0.650. The molecule has 0 unspecified atom stereocenters. The van der Waals surface area contributed by atoms with Crippen LogP contribution in [0.1, 0.15) is 59.1 Å². The summed E-state index contributed by atoms with van der Waals surface area (Å²) in [6.07, 6.45) is 7.22. The van der Waals surface area contributed by atoms with Crippen molar-refractivity contribution in [2.75, 3.05) is 6.54 Å². The summed E-state index contributed by atoms with van der Waals surface area (Å²) < 4.78 is 2.12. The zero-order valence-electron chi connectivity index (χ0n) is 16.3. The number of thiazole rings is 1. The first-order valence-electron chi connectivity index (χ1n) is 10.1. The number of hydrogen-bond donors (Lipinski definition) is 1. The Kier molecular flexibility index (Phi) is 5.59. The maximum atomic E-state index is 12.3. The number of aromatic nitrogens is 3. The third-order valence-corrected chi connectivity index (χ3v) is 6.83. The topological polar surface area (TPSA) is 63.1 Å². The number of amides is 1. The van der Waals surface area contributed by atoms with Gasteiger partial charge in [-0.2, -0.15) is 5.10 Å². The van der Waals surface area contributed by atoms with Gasteiger partial charge < -0.3 is 5.32 Å². The minimum Gasteiger partial charge on any atom is -0.350 e. The van der Waals surface area contributed by atoms with E-state index in [1.807, 2.05) is 13.8 Å². The number of hydrogen-bond acceptors (Lipinski definition) is 5. The highest BCUT2D eigenvalue weighted by atomic mass is 32.1. The standard InChI is InChI=1S/C20H29N5OS/c1-14-19(27-15(2)22-14)11-20(26)21-12-16-10-18-13-24(8-9-25(18)23-16)17-6-4-3-5-7-17/h10,17H,3-9,11-13H2,1-2H3,(H,21,26). The monoisotopic (exact) mass is 387 g/mol. The number of carbonyl (C=O) groups is 1. The summed E-state index contributed by atoms with van der Waals surface area (Å²) >= 11 is 1.60. The molecular weight excluding hydrogens is 358 g/mol. The van der Waals surface area contributed by atoms with E-state index < -0.39 is 0 Å². The molecule has 0 radical (unpaired) electrons. The van der Waals surface area contributed by atoms with Crippen LogP contribution in [0.2, 0.25) is 0 Å². The van der Waals surface area contributed by atoms with Crippen LogP contribution in [0.25, 0.3) is 0 Å². The van der Waals surface area contributed by atoms with Crippen LogP contribution in [0.15, 0.2) is 6.07 Å². The lowest BCUT2D eigenvalue weighted by Gasteiger charge is -2.36. The van der Waals surface area contributed by atoms with Crippen LogP contribution < -0.4 is 5.32 Å². The zero-order valence-corrected chi connectivity index (χ0v) is 17.1. The van der Waals surface area contributed by atoms with E-state index in [1.165, 1.54) is 37.8 Å². The molecule has 1 fully saturated rings. The van der Waals surface area contributed by atoms with Gasteiger partial charge in [-0.05, 0) is 32.8 Å².